The van der Waals surface area contributed by atoms with E-state index < -0.39 is 12.0 Å². The number of hydrogen-bond donors (Lipinski definition) is 2. The third-order valence-corrected chi connectivity index (χ3v) is 2.60. The van der Waals surface area contributed by atoms with Crippen molar-refractivity contribution in [2.45, 2.75) is 26.8 Å². The number of nitrogens with zero attached hydrogens (tertiary/aromatic N) is 1. The first-order chi connectivity index (χ1) is 7.95. The van der Waals surface area contributed by atoms with Crippen molar-refractivity contribution in [1.82, 2.24) is 0 Å². The van der Waals surface area contributed by atoms with Crippen LogP contribution in [0.3, 0.4) is 0 Å². The fourth-order valence-electron chi connectivity index (χ4n) is 1.57. The highest BCUT2D eigenvalue weighted by Gasteiger charge is 2.20. The molecule has 0 saturated carbocycles. The molecule has 1 unspecified atom stereocenters. The second-order valence-electron chi connectivity index (χ2n) is 4.35. The first-order valence-electron chi connectivity index (χ1n) is 5.45. The average Bonchev–Trinajstić information content (AvgIpc) is 2.25. The SMILES string of the molecule is Cc1cc(NC(C(=O)O)C(C)C)ccc1C#N. The third-order valence-electron chi connectivity index (χ3n) is 2.60. The summed E-state index contributed by atoms with van der Waals surface area (Å²) in [5.41, 5.74) is 2.17. The Morgan fingerprint density at radius 2 is 2.12 bits per heavy atom. The van der Waals surface area contributed by atoms with Crippen LogP contribution in [0.2, 0.25) is 0 Å². The minimum Gasteiger partial charge on any atom is -0.480 e. The van der Waals surface area contributed by atoms with Crippen LogP contribution in [0.15, 0.2) is 18.2 Å². The van der Waals surface area contributed by atoms with E-state index in [9.17, 15) is 4.79 Å². The second kappa shape index (κ2) is 5.35. The highest BCUT2D eigenvalue weighted by Crippen LogP contribution is 2.17. The summed E-state index contributed by atoms with van der Waals surface area (Å²) >= 11 is 0. The number of anilines is 1. The fraction of sp³-hybridized carbons (Fsp3) is 0.385. The molecule has 0 fully saturated rings. The van der Waals surface area contributed by atoms with Crippen molar-refractivity contribution in [2.75, 3.05) is 5.32 Å². The molecule has 2 N–H and O–H groups in total. The van der Waals surface area contributed by atoms with Crippen molar-refractivity contribution in [1.29, 1.82) is 5.26 Å². The van der Waals surface area contributed by atoms with Gasteiger partial charge in [0.1, 0.15) is 6.04 Å². The number of hydrogen-bond acceptors (Lipinski definition) is 3. The number of nitriles is 1. The number of rotatable bonds is 4. The van der Waals surface area contributed by atoms with Gasteiger partial charge in [0, 0.05) is 5.69 Å². The minimum atomic E-state index is -0.873. The zero-order chi connectivity index (χ0) is 13.0. The van der Waals surface area contributed by atoms with E-state index in [4.69, 9.17) is 10.4 Å². The molecule has 0 aliphatic carbocycles. The molecule has 0 spiro atoms. The predicted molar refractivity (Wildman–Crippen MR) is 65.8 cm³/mol. The van der Waals surface area contributed by atoms with Gasteiger partial charge in [-0.2, -0.15) is 5.26 Å². The topological polar surface area (TPSA) is 73.1 Å². The summed E-state index contributed by atoms with van der Waals surface area (Å²) in [5.74, 6) is -0.884. The van der Waals surface area contributed by atoms with E-state index in [0.29, 0.717) is 5.56 Å². The molecule has 4 heteroatoms. The quantitative estimate of drug-likeness (QED) is 0.836. The van der Waals surface area contributed by atoms with Crippen LogP contribution < -0.4 is 5.32 Å². The molecular weight excluding hydrogens is 216 g/mol. The van der Waals surface area contributed by atoms with Crippen molar-refractivity contribution in [3.05, 3.63) is 29.3 Å². The zero-order valence-electron chi connectivity index (χ0n) is 10.2. The largest absolute Gasteiger partial charge is 0.480 e. The summed E-state index contributed by atoms with van der Waals surface area (Å²) in [6.07, 6.45) is 0. The third kappa shape index (κ3) is 3.22. The molecule has 0 aliphatic rings. The van der Waals surface area contributed by atoms with Gasteiger partial charge in [-0.1, -0.05) is 13.8 Å². The van der Waals surface area contributed by atoms with Gasteiger partial charge in [-0.15, -0.1) is 0 Å². The van der Waals surface area contributed by atoms with Crippen molar-refractivity contribution >= 4 is 11.7 Å². The van der Waals surface area contributed by atoms with Gasteiger partial charge in [0.25, 0.3) is 0 Å². The summed E-state index contributed by atoms with van der Waals surface area (Å²) in [5, 5.41) is 20.8. The molecule has 90 valence electrons. The number of nitrogens with one attached hydrogen (secondary N) is 1. The standard InChI is InChI=1S/C13H16N2O2/c1-8(2)12(13(16)17)15-11-5-4-10(7-14)9(3)6-11/h4-6,8,12,15H,1-3H3,(H,16,17). The molecule has 0 bridgehead atoms. The lowest BCUT2D eigenvalue weighted by molar-refractivity contribution is -0.138. The van der Waals surface area contributed by atoms with Crippen LogP contribution in [0.25, 0.3) is 0 Å². The van der Waals surface area contributed by atoms with Crippen LogP contribution in [-0.2, 0) is 4.79 Å². The Morgan fingerprint density at radius 1 is 1.47 bits per heavy atom. The number of aryl methyl sites for hydroxylation is 1. The Balaban J connectivity index is 2.92. The number of benzene rings is 1. The molecule has 1 aromatic rings. The van der Waals surface area contributed by atoms with Gasteiger partial charge in [-0.3, -0.25) is 0 Å². The summed E-state index contributed by atoms with van der Waals surface area (Å²) in [7, 11) is 0. The van der Waals surface area contributed by atoms with Crippen LogP contribution in [0.1, 0.15) is 25.0 Å². The molecule has 0 aliphatic heterocycles. The number of carbonyl (C=O) groups is 1. The molecule has 1 rings (SSSR count). The molecular formula is C13H16N2O2. The predicted octanol–water partition coefficient (Wildman–Crippen LogP) is 2.39. The smallest absolute Gasteiger partial charge is 0.326 e. The van der Waals surface area contributed by atoms with Crippen molar-refractivity contribution in [3.63, 3.8) is 0 Å². The second-order valence-corrected chi connectivity index (χ2v) is 4.35. The molecule has 0 saturated heterocycles. The summed E-state index contributed by atoms with van der Waals surface area (Å²) in [6.45, 7) is 5.53. The zero-order valence-corrected chi connectivity index (χ0v) is 10.2. The summed E-state index contributed by atoms with van der Waals surface area (Å²) < 4.78 is 0. The first kappa shape index (κ1) is 13.0. The van der Waals surface area contributed by atoms with E-state index in [1.54, 1.807) is 18.2 Å². The number of carboxylic acids is 1. The monoisotopic (exact) mass is 232 g/mol. The van der Waals surface area contributed by atoms with Crippen LogP contribution >= 0.6 is 0 Å². The van der Waals surface area contributed by atoms with Crippen LogP contribution in [0.5, 0.6) is 0 Å². The number of carboxylic acid groups (broad SMARTS) is 1. The molecule has 17 heavy (non-hydrogen) atoms. The lowest BCUT2D eigenvalue weighted by Crippen LogP contribution is -2.34. The van der Waals surface area contributed by atoms with Gasteiger partial charge in [-0.25, -0.2) is 4.79 Å². The molecule has 0 aromatic heterocycles. The van der Waals surface area contributed by atoms with E-state index in [-0.39, 0.29) is 5.92 Å². The molecule has 0 amide bonds. The van der Waals surface area contributed by atoms with Gasteiger partial charge >= 0.3 is 5.97 Å². The van der Waals surface area contributed by atoms with Gasteiger partial charge in [-0.05, 0) is 36.6 Å². The Labute approximate surface area is 101 Å². The molecule has 1 atom stereocenters. The van der Waals surface area contributed by atoms with Crippen LogP contribution in [0.4, 0.5) is 5.69 Å². The van der Waals surface area contributed by atoms with Crippen LogP contribution in [-0.4, -0.2) is 17.1 Å². The van der Waals surface area contributed by atoms with E-state index in [1.807, 2.05) is 20.8 Å². The molecule has 1 aromatic carbocycles. The van der Waals surface area contributed by atoms with Gasteiger partial charge in [0.2, 0.25) is 0 Å². The van der Waals surface area contributed by atoms with Gasteiger partial charge in [0.15, 0.2) is 0 Å². The average molecular weight is 232 g/mol. The van der Waals surface area contributed by atoms with E-state index in [2.05, 4.69) is 11.4 Å². The highest BCUT2D eigenvalue weighted by molar-refractivity contribution is 5.77. The summed E-state index contributed by atoms with van der Waals surface area (Å²) in [4.78, 5) is 11.0. The van der Waals surface area contributed by atoms with E-state index in [1.165, 1.54) is 0 Å². The van der Waals surface area contributed by atoms with Crippen molar-refractivity contribution < 1.29 is 9.90 Å². The highest BCUT2D eigenvalue weighted by atomic mass is 16.4. The summed E-state index contributed by atoms with van der Waals surface area (Å²) in [6, 6.07) is 6.66. The molecule has 0 radical (unpaired) electrons. The molecule has 0 heterocycles. The fourth-order valence-corrected chi connectivity index (χ4v) is 1.57. The maximum absolute atomic E-state index is 11.0. The number of aliphatic carboxylic acids is 1. The Bertz CT molecular complexity index is 461. The lowest BCUT2D eigenvalue weighted by Gasteiger charge is -2.19. The van der Waals surface area contributed by atoms with Gasteiger partial charge < -0.3 is 10.4 Å². The molecule has 4 nitrogen and oxygen atoms in total. The maximum Gasteiger partial charge on any atom is 0.326 e. The minimum absolute atomic E-state index is 0.0107. The Morgan fingerprint density at radius 3 is 2.53 bits per heavy atom. The van der Waals surface area contributed by atoms with E-state index in [0.717, 1.165) is 11.3 Å². The lowest BCUT2D eigenvalue weighted by atomic mass is 10.0. The van der Waals surface area contributed by atoms with Crippen molar-refractivity contribution in [3.8, 4) is 6.07 Å². The van der Waals surface area contributed by atoms with Gasteiger partial charge in [0.05, 0.1) is 11.6 Å². The van der Waals surface area contributed by atoms with Crippen LogP contribution in [0, 0.1) is 24.2 Å². The maximum atomic E-state index is 11.0. The first-order valence-corrected chi connectivity index (χ1v) is 5.45. The van der Waals surface area contributed by atoms with Crippen molar-refractivity contribution in [2.24, 2.45) is 5.92 Å². The Hall–Kier alpha value is -2.02. The normalized spacial score (nSPS) is 11.9. The Kier molecular flexibility index (Phi) is 4.11. The van der Waals surface area contributed by atoms with E-state index >= 15 is 0 Å².